The summed E-state index contributed by atoms with van der Waals surface area (Å²) in [6.45, 7) is 0.348. The van der Waals surface area contributed by atoms with Crippen LogP contribution in [0.1, 0.15) is 29.3 Å². The zero-order chi connectivity index (χ0) is 24.3. The van der Waals surface area contributed by atoms with Crippen LogP contribution in [0.25, 0.3) is 10.6 Å². The van der Waals surface area contributed by atoms with E-state index >= 15 is 0 Å². The number of nitrogens with zero attached hydrogens (tertiary/aromatic N) is 2. The zero-order valence-corrected chi connectivity index (χ0v) is 20.5. The van der Waals surface area contributed by atoms with Crippen molar-refractivity contribution in [3.63, 3.8) is 0 Å². The van der Waals surface area contributed by atoms with Crippen molar-refractivity contribution in [1.82, 2.24) is 9.29 Å². The number of aromatic nitrogens is 1. The maximum absolute atomic E-state index is 13.5. The molecule has 0 saturated carbocycles. The fourth-order valence-electron chi connectivity index (χ4n) is 4.31. The Hall–Kier alpha value is -3.33. The summed E-state index contributed by atoms with van der Waals surface area (Å²) < 4.78 is 33.9. The summed E-state index contributed by atoms with van der Waals surface area (Å²) in [6.07, 6.45) is 0.521. The fraction of sp³-hybridized carbons (Fsp3) is 0.185. The van der Waals surface area contributed by atoms with Gasteiger partial charge in [-0.3, -0.25) is 4.79 Å². The normalized spacial score (nSPS) is 15.9. The van der Waals surface area contributed by atoms with Gasteiger partial charge in [0, 0.05) is 17.5 Å². The van der Waals surface area contributed by atoms with Crippen LogP contribution in [0.5, 0.6) is 0 Å². The van der Waals surface area contributed by atoms with Crippen molar-refractivity contribution < 1.29 is 17.9 Å². The number of carbonyl (C=O) groups is 1. The van der Waals surface area contributed by atoms with Crippen LogP contribution < -0.4 is 0 Å². The van der Waals surface area contributed by atoms with E-state index in [4.69, 9.17) is 4.74 Å². The number of hydrogen-bond donors (Lipinski definition) is 0. The molecule has 0 fully saturated rings. The van der Waals surface area contributed by atoms with Crippen molar-refractivity contribution in [3.05, 3.63) is 107 Å². The zero-order valence-electron chi connectivity index (χ0n) is 18.9. The molecule has 1 unspecified atom stereocenters. The van der Waals surface area contributed by atoms with E-state index in [2.05, 4.69) is 4.98 Å². The summed E-state index contributed by atoms with van der Waals surface area (Å²) in [6, 6.07) is 25.2. The van der Waals surface area contributed by atoms with E-state index in [1.807, 2.05) is 60.0 Å². The summed E-state index contributed by atoms with van der Waals surface area (Å²) >= 11 is 1.49. The number of fused-ring (bicyclic) bond motifs is 1. The lowest BCUT2D eigenvalue weighted by molar-refractivity contribution is -0.146. The second kappa shape index (κ2) is 10.1. The lowest BCUT2D eigenvalue weighted by Gasteiger charge is -2.36. The summed E-state index contributed by atoms with van der Waals surface area (Å²) in [5, 5.41) is 2.73. The summed E-state index contributed by atoms with van der Waals surface area (Å²) in [7, 11) is -3.78. The molecular formula is C27H24N2O4S2. The number of sulfonamides is 1. The van der Waals surface area contributed by atoms with Gasteiger partial charge in [-0.25, -0.2) is 13.4 Å². The molecule has 0 radical (unpaired) electrons. The van der Waals surface area contributed by atoms with E-state index in [0.717, 1.165) is 21.7 Å². The van der Waals surface area contributed by atoms with Crippen molar-refractivity contribution in [3.8, 4) is 10.6 Å². The Morgan fingerprint density at radius 2 is 1.66 bits per heavy atom. The number of hydrogen-bond acceptors (Lipinski definition) is 6. The molecule has 0 N–H and O–H groups in total. The van der Waals surface area contributed by atoms with Gasteiger partial charge in [-0.1, -0.05) is 72.8 Å². The lowest BCUT2D eigenvalue weighted by atomic mass is 9.92. The molecule has 4 aromatic rings. The van der Waals surface area contributed by atoms with Gasteiger partial charge in [0.1, 0.15) is 11.6 Å². The van der Waals surface area contributed by atoms with E-state index < -0.39 is 22.0 Å². The van der Waals surface area contributed by atoms with Crippen molar-refractivity contribution in [2.75, 3.05) is 6.54 Å². The number of esters is 1. The maximum atomic E-state index is 13.5. The quantitative estimate of drug-likeness (QED) is 0.322. The third-order valence-electron chi connectivity index (χ3n) is 6.03. The van der Waals surface area contributed by atoms with Crippen LogP contribution in [-0.2, 0) is 32.6 Å². The Morgan fingerprint density at radius 1 is 0.971 bits per heavy atom. The van der Waals surface area contributed by atoms with Gasteiger partial charge in [-0.2, -0.15) is 4.31 Å². The first-order valence-electron chi connectivity index (χ1n) is 11.3. The maximum Gasteiger partial charge on any atom is 0.308 e. The van der Waals surface area contributed by atoms with E-state index in [1.54, 1.807) is 30.3 Å². The molecule has 0 aliphatic carbocycles. The van der Waals surface area contributed by atoms with E-state index in [0.29, 0.717) is 18.7 Å². The second-order valence-corrected chi connectivity index (χ2v) is 11.0. The average Bonchev–Trinajstić information content (AvgIpc) is 3.38. The molecule has 8 heteroatoms. The van der Waals surface area contributed by atoms with Gasteiger partial charge in [-0.05, 0) is 29.7 Å². The van der Waals surface area contributed by atoms with Crippen LogP contribution in [0.2, 0.25) is 0 Å². The number of benzene rings is 3. The molecule has 2 heterocycles. The first kappa shape index (κ1) is 23.4. The van der Waals surface area contributed by atoms with Crippen LogP contribution in [0, 0.1) is 0 Å². The molecule has 1 atom stereocenters. The summed E-state index contributed by atoms with van der Waals surface area (Å²) in [5.74, 6) is -0.464. The Labute approximate surface area is 208 Å². The third kappa shape index (κ3) is 5.05. The highest BCUT2D eigenvalue weighted by molar-refractivity contribution is 7.89. The van der Waals surface area contributed by atoms with Gasteiger partial charge in [-0.15, -0.1) is 11.3 Å². The fourth-order valence-corrected chi connectivity index (χ4v) is 6.75. The predicted octanol–water partition coefficient (Wildman–Crippen LogP) is 5.23. The second-order valence-electron chi connectivity index (χ2n) is 8.27. The van der Waals surface area contributed by atoms with Gasteiger partial charge in [0.2, 0.25) is 10.0 Å². The molecule has 0 bridgehead atoms. The number of carbonyl (C=O) groups excluding carboxylic acids is 1. The van der Waals surface area contributed by atoms with Crippen molar-refractivity contribution in [2.45, 2.75) is 30.4 Å². The number of ether oxygens (including phenoxy) is 1. The molecule has 1 aliphatic rings. The third-order valence-corrected chi connectivity index (χ3v) is 8.89. The molecule has 1 aromatic heterocycles. The van der Waals surface area contributed by atoms with Gasteiger partial charge < -0.3 is 4.74 Å². The van der Waals surface area contributed by atoms with Crippen LogP contribution in [0.3, 0.4) is 0 Å². The van der Waals surface area contributed by atoms with Crippen LogP contribution in [-0.4, -0.2) is 30.2 Å². The van der Waals surface area contributed by atoms with Gasteiger partial charge in [0.15, 0.2) is 0 Å². The van der Waals surface area contributed by atoms with Gasteiger partial charge in [0.05, 0.1) is 23.1 Å². The minimum atomic E-state index is -3.78. The Kier molecular flexibility index (Phi) is 6.77. The highest BCUT2D eigenvalue weighted by Gasteiger charge is 2.37. The summed E-state index contributed by atoms with van der Waals surface area (Å²) in [5.41, 5.74) is 3.57. The van der Waals surface area contributed by atoms with Crippen LogP contribution >= 0.6 is 11.3 Å². The monoisotopic (exact) mass is 504 g/mol. The Bertz CT molecular complexity index is 1420. The standard InChI is InChI=1S/C27H24N2O4S2/c30-26(33-18-22-19-34-27(28-22)21-10-3-1-4-11-21)17-25-24-14-8-7-9-20(24)15-16-29(25)35(31,32)23-12-5-2-6-13-23/h1-14,19,25H,15-18H2. The average molecular weight is 505 g/mol. The SMILES string of the molecule is O=C(CC1c2ccccc2CCN1S(=O)(=O)c1ccccc1)OCc1csc(-c2ccccc2)n1. The van der Waals surface area contributed by atoms with Gasteiger partial charge in [0.25, 0.3) is 0 Å². The molecule has 6 nitrogen and oxygen atoms in total. The molecule has 0 spiro atoms. The lowest BCUT2D eigenvalue weighted by Crippen LogP contribution is -2.41. The van der Waals surface area contributed by atoms with Crippen molar-refractivity contribution in [2.24, 2.45) is 0 Å². The molecular weight excluding hydrogens is 480 g/mol. The molecule has 178 valence electrons. The molecule has 35 heavy (non-hydrogen) atoms. The van der Waals surface area contributed by atoms with E-state index in [-0.39, 0.29) is 17.9 Å². The minimum absolute atomic E-state index is 0.0436. The van der Waals surface area contributed by atoms with Crippen LogP contribution in [0.4, 0.5) is 0 Å². The Balaban J connectivity index is 1.33. The van der Waals surface area contributed by atoms with E-state index in [9.17, 15) is 13.2 Å². The smallest absolute Gasteiger partial charge is 0.308 e. The summed E-state index contributed by atoms with van der Waals surface area (Å²) in [4.78, 5) is 17.7. The highest BCUT2D eigenvalue weighted by Crippen LogP contribution is 2.36. The molecule has 3 aromatic carbocycles. The first-order valence-corrected chi connectivity index (χ1v) is 13.6. The van der Waals surface area contributed by atoms with Crippen molar-refractivity contribution in [1.29, 1.82) is 0 Å². The van der Waals surface area contributed by atoms with Crippen molar-refractivity contribution >= 4 is 27.3 Å². The topological polar surface area (TPSA) is 76.6 Å². The molecule has 5 rings (SSSR count). The first-order chi connectivity index (χ1) is 17.0. The highest BCUT2D eigenvalue weighted by atomic mass is 32.2. The molecule has 0 saturated heterocycles. The predicted molar refractivity (Wildman–Crippen MR) is 135 cm³/mol. The largest absolute Gasteiger partial charge is 0.459 e. The number of rotatable bonds is 7. The minimum Gasteiger partial charge on any atom is -0.459 e. The molecule has 1 aliphatic heterocycles. The van der Waals surface area contributed by atoms with E-state index in [1.165, 1.54) is 15.6 Å². The molecule has 0 amide bonds. The number of thiazole rings is 1. The van der Waals surface area contributed by atoms with Gasteiger partial charge >= 0.3 is 5.97 Å². The Morgan fingerprint density at radius 3 is 2.43 bits per heavy atom. The van der Waals surface area contributed by atoms with Crippen LogP contribution in [0.15, 0.2) is 95.2 Å².